The molecule has 3 rings (SSSR count). The van der Waals surface area contributed by atoms with E-state index in [9.17, 15) is 0 Å². The summed E-state index contributed by atoms with van der Waals surface area (Å²) in [6, 6.07) is 14.3. The number of hydrogen-bond donors (Lipinski definition) is 1. The predicted molar refractivity (Wildman–Crippen MR) is 84.1 cm³/mol. The average Bonchev–Trinajstić information content (AvgIpc) is 2.56. The molecule has 0 radical (unpaired) electrons. The third-order valence-electron chi connectivity index (χ3n) is 4.43. The maximum Gasteiger partial charge on any atom is 0.0978 e. The number of rotatable bonds is 4. The highest BCUT2D eigenvalue weighted by molar-refractivity contribution is 5.29. The van der Waals surface area contributed by atoms with Crippen LogP contribution in [0.15, 0.2) is 48.7 Å². The molecule has 0 aliphatic heterocycles. The first kappa shape index (κ1) is 14.2. The van der Waals surface area contributed by atoms with E-state index in [1.54, 1.807) is 7.11 Å². The molecule has 0 fully saturated rings. The van der Waals surface area contributed by atoms with Crippen LogP contribution in [0.1, 0.15) is 41.7 Å². The molecule has 2 aromatic rings. The largest absolute Gasteiger partial charge is 0.375 e. The monoisotopic (exact) mass is 282 g/mol. The van der Waals surface area contributed by atoms with E-state index in [-0.39, 0.29) is 18.1 Å². The van der Waals surface area contributed by atoms with Crippen molar-refractivity contribution in [2.45, 2.75) is 37.3 Å². The summed E-state index contributed by atoms with van der Waals surface area (Å²) >= 11 is 0. The first-order chi connectivity index (χ1) is 10.3. The van der Waals surface area contributed by atoms with Crippen LogP contribution in [0, 0.1) is 0 Å². The second kappa shape index (κ2) is 6.37. The Morgan fingerprint density at radius 3 is 2.76 bits per heavy atom. The van der Waals surface area contributed by atoms with Gasteiger partial charge in [0.05, 0.1) is 6.10 Å². The molecule has 3 atom stereocenters. The van der Waals surface area contributed by atoms with E-state index in [1.165, 1.54) is 12.0 Å². The minimum atomic E-state index is -0.0934. The van der Waals surface area contributed by atoms with Crippen LogP contribution in [0.5, 0.6) is 0 Å². The van der Waals surface area contributed by atoms with Crippen LogP contribution >= 0.6 is 0 Å². The Morgan fingerprint density at radius 2 is 2.00 bits per heavy atom. The van der Waals surface area contributed by atoms with Crippen LogP contribution in [0.25, 0.3) is 0 Å². The summed E-state index contributed by atoms with van der Waals surface area (Å²) in [4.78, 5) is 4.60. The highest BCUT2D eigenvalue weighted by atomic mass is 16.5. The number of nitrogens with zero attached hydrogens (tertiary/aromatic N) is 1. The van der Waals surface area contributed by atoms with Gasteiger partial charge in [-0.1, -0.05) is 36.4 Å². The zero-order valence-electron chi connectivity index (χ0n) is 12.4. The molecule has 2 N–H and O–H groups in total. The smallest absolute Gasteiger partial charge is 0.0978 e. The number of nitrogens with two attached hydrogens (primary N) is 1. The van der Waals surface area contributed by atoms with Gasteiger partial charge >= 0.3 is 0 Å². The highest BCUT2D eigenvalue weighted by Gasteiger charge is 2.32. The van der Waals surface area contributed by atoms with Gasteiger partial charge in [0.1, 0.15) is 0 Å². The molecule has 0 saturated carbocycles. The Labute approximate surface area is 126 Å². The Balaban J connectivity index is 1.90. The number of pyridine rings is 1. The summed E-state index contributed by atoms with van der Waals surface area (Å²) in [7, 11) is 1.74. The molecule has 0 bridgehead atoms. The van der Waals surface area contributed by atoms with Crippen molar-refractivity contribution in [2.75, 3.05) is 7.11 Å². The van der Waals surface area contributed by atoms with Gasteiger partial charge in [-0.05, 0) is 36.5 Å². The van der Waals surface area contributed by atoms with E-state index >= 15 is 0 Å². The number of aryl methyl sites for hydroxylation is 1. The van der Waals surface area contributed by atoms with Gasteiger partial charge in [0.25, 0.3) is 0 Å². The number of benzene rings is 1. The van der Waals surface area contributed by atoms with Crippen LogP contribution in [-0.4, -0.2) is 18.1 Å². The Kier molecular flexibility index (Phi) is 4.32. The third-order valence-corrected chi connectivity index (χ3v) is 4.43. The molecule has 1 aliphatic rings. The van der Waals surface area contributed by atoms with Crippen molar-refractivity contribution in [1.29, 1.82) is 0 Å². The minimum Gasteiger partial charge on any atom is -0.375 e. The summed E-state index contributed by atoms with van der Waals surface area (Å²) in [5.41, 5.74) is 10.2. The molecule has 21 heavy (non-hydrogen) atoms. The highest BCUT2D eigenvalue weighted by Crippen LogP contribution is 2.36. The lowest BCUT2D eigenvalue weighted by Gasteiger charge is -2.33. The predicted octanol–water partition coefficient (Wildman–Crippen LogP) is 3.22. The van der Waals surface area contributed by atoms with Crippen molar-refractivity contribution in [2.24, 2.45) is 5.73 Å². The molecule has 1 heterocycles. The summed E-state index contributed by atoms with van der Waals surface area (Å²) in [5.74, 6) is 0.264. The van der Waals surface area contributed by atoms with Crippen LogP contribution in [0.4, 0.5) is 0 Å². The summed E-state index contributed by atoms with van der Waals surface area (Å²) < 4.78 is 5.71. The molecular weight excluding hydrogens is 260 g/mol. The molecule has 1 aromatic heterocycles. The van der Waals surface area contributed by atoms with Gasteiger partial charge < -0.3 is 10.5 Å². The quantitative estimate of drug-likeness (QED) is 0.936. The van der Waals surface area contributed by atoms with Gasteiger partial charge in [-0.2, -0.15) is 0 Å². The van der Waals surface area contributed by atoms with E-state index < -0.39 is 0 Å². The first-order valence-corrected chi connectivity index (χ1v) is 7.58. The van der Waals surface area contributed by atoms with Crippen molar-refractivity contribution >= 4 is 0 Å². The summed E-state index contributed by atoms with van der Waals surface area (Å²) in [6.45, 7) is 0. The van der Waals surface area contributed by atoms with Gasteiger partial charge in [0.2, 0.25) is 0 Å². The van der Waals surface area contributed by atoms with Gasteiger partial charge in [-0.3, -0.25) is 4.98 Å². The lowest BCUT2D eigenvalue weighted by molar-refractivity contribution is 0.0690. The molecule has 1 aromatic carbocycles. The van der Waals surface area contributed by atoms with Crippen molar-refractivity contribution in [3.05, 3.63) is 65.5 Å². The van der Waals surface area contributed by atoms with Gasteiger partial charge in [-0.15, -0.1) is 0 Å². The maximum atomic E-state index is 6.59. The number of ether oxygens (including phenoxy) is 1. The Hall–Kier alpha value is -1.71. The minimum absolute atomic E-state index is 0.0775. The van der Waals surface area contributed by atoms with Crippen molar-refractivity contribution < 1.29 is 4.74 Å². The van der Waals surface area contributed by atoms with Crippen molar-refractivity contribution in [3.63, 3.8) is 0 Å². The van der Waals surface area contributed by atoms with E-state index in [0.29, 0.717) is 0 Å². The van der Waals surface area contributed by atoms with Crippen LogP contribution in [0.2, 0.25) is 0 Å². The average molecular weight is 282 g/mol. The third kappa shape index (κ3) is 2.85. The number of methoxy groups -OCH3 is 1. The zero-order chi connectivity index (χ0) is 14.7. The topological polar surface area (TPSA) is 48.1 Å². The second-order valence-electron chi connectivity index (χ2n) is 5.69. The van der Waals surface area contributed by atoms with Gasteiger partial charge in [-0.25, -0.2) is 0 Å². The van der Waals surface area contributed by atoms with Gasteiger partial charge in [0, 0.05) is 31.0 Å². The Morgan fingerprint density at radius 1 is 1.19 bits per heavy atom. The summed E-state index contributed by atoms with van der Waals surface area (Å²) in [5, 5.41) is 0. The van der Waals surface area contributed by atoms with Crippen molar-refractivity contribution in [1.82, 2.24) is 4.98 Å². The van der Waals surface area contributed by atoms with Gasteiger partial charge in [0.15, 0.2) is 0 Å². The van der Waals surface area contributed by atoms with Crippen LogP contribution in [-0.2, 0) is 11.2 Å². The SMILES string of the molecule is COC(c1ccccc1)C(N)C1CCCc2cccnc21. The van der Waals surface area contributed by atoms with E-state index in [2.05, 4.69) is 23.2 Å². The van der Waals surface area contributed by atoms with Crippen LogP contribution in [0.3, 0.4) is 0 Å². The molecule has 110 valence electrons. The lowest BCUT2D eigenvalue weighted by atomic mass is 9.79. The molecule has 1 aliphatic carbocycles. The Bertz CT molecular complexity index is 585. The number of fused-ring (bicyclic) bond motifs is 1. The van der Waals surface area contributed by atoms with Crippen molar-refractivity contribution in [3.8, 4) is 0 Å². The molecule has 3 unspecified atom stereocenters. The maximum absolute atomic E-state index is 6.59. The van der Waals surface area contributed by atoms with E-state index in [1.807, 2.05) is 30.5 Å². The van der Waals surface area contributed by atoms with Crippen LogP contribution < -0.4 is 5.73 Å². The zero-order valence-corrected chi connectivity index (χ0v) is 12.4. The first-order valence-electron chi connectivity index (χ1n) is 7.58. The fourth-order valence-corrected chi connectivity index (χ4v) is 3.39. The summed E-state index contributed by atoms with van der Waals surface area (Å²) in [6.07, 6.45) is 5.13. The normalized spacial score (nSPS) is 20.6. The molecular formula is C18H22N2O. The second-order valence-corrected chi connectivity index (χ2v) is 5.69. The molecule has 3 heteroatoms. The van der Waals surface area contributed by atoms with E-state index in [4.69, 9.17) is 10.5 Å². The number of hydrogen-bond acceptors (Lipinski definition) is 3. The molecule has 3 nitrogen and oxygen atoms in total. The fourth-order valence-electron chi connectivity index (χ4n) is 3.39. The number of aromatic nitrogens is 1. The molecule has 0 spiro atoms. The van der Waals surface area contributed by atoms with E-state index in [0.717, 1.165) is 24.1 Å². The fraction of sp³-hybridized carbons (Fsp3) is 0.389. The standard InChI is InChI=1S/C18H22N2O/c1-21-18(14-7-3-2-4-8-14)16(19)15-11-5-9-13-10-6-12-20-17(13)15/h2-4,6-8,10,12,15-16,18H,5,9,11,19H2,1H3. The lowest BCUT2D eigenvalue weighted by Crippen LogP contribution is -2.38. The molecule has 0 amide bonds. The molecule has 0 saturated heterocycles.